The van der Waals surface area contributed by atoms with Gasteiger partial charge in [0.2, 0.25) is 0 Å². The van der Waals surface area contributed by atoms with Gasteiger partial charge in [0, 0.05) is 29.8 Å². The molecule has 0 fully saturated rings. The van der Waals surface area contributed by atoms with Gasteiger partial charge in [-0.15, -0.1) is 0 Å². The number of sulfonamides is 1. The Balaban J connectivity index is 1.47. The van der Waals surface area contributed by atoms with Crippen LogP contribution in [0.25, 0.3) is 0 Å². The SMILES string of the molecule is CC(=O)c1cccc(NC(=O)[C@@H](C)OC(=O)CCCN=C2NS(=O)(=O)c3ccccc32)c1. The van der Waals surface area contributed by atoms with E-state index in [-0.39, 0.29) is 29.5 Å². The van der Waals surface area contributed by atoms with Crippen molar-refractivity contribution in [1.82, 2.24) is 4.72 Å². The Morgan fingerprint density at radius 2 is 1.88 bits per heavy atom. The highest BCUT2D eigenvalue weighted by atomic mass is 32.2. The Hall–Kier alpha value is -3.53. The molecule has 1 amide bonds. The van der Waals surface area contributed by atoms with Crippen LogP contribution in [-0.2, 0) is 24.3 Å². The third-order valence-electron chi connectivity index (χ3n) is 4.69. The van der Waals surface area contributed by atoms with Gasteiger partial charge in [0.1, 0.15) is 5.84 Å². The van der Waals surface area contributed by atoms with E-state index in [1.807, 2.05) is 0 Å². The van der Waals surface area contributed by atoms with Gasteiger partial charge in [-0.2, -0.15) is 0 Å². The number of ketones is 1. The second kappa shape index (κ2) is 9.73. The van der Waals surface area contributed by atoms with E-state index in [2.05, 4.69) is 15.0 Å². The number of Topliss-reactive ketones (excluding diaryl/α,β-unsaturated/α-hetero) is 1. The number of nitrogens with zero attached hydrogens (tertiary/aromatic N) is 1. The first kappa shape index (κ1) is 23.1. The molecule has 0 radical (unpaired) electrons. The molecule has 32 heavy (non-hydrogen) atoms. The van der Waals surface area contributed by atoms with Crippen molar-refractivity contribution >= 4 is 39.2 Å². The van der Waals surface area contributed by atoms with Crippen LogP contribution in [0.2, 0.25) is 0 Å². The normalized spacial score (nSPS) is 16.0. The third kappa shape index (κ3) is 5.58. The molecule has 168 valence electrons. The first-order valence-electron chi connectivity index (χ1n) is 9.95. The second-order valence-corrected chi connectivity index (χ2v) is 8.84. The van der Waals surface area contributed by atoms with Crippen molar-refractivity contribution in [2.75, 3.05) is 11.9 Å². The Labute approximate surface area is 185 Å². The highest BCUT2D eigenvalue weighted by Crippen LogP contribution is 2.22. The van der Waals surface area contributed by atoms with E-state index >= 15 is 0 Å². The van der Waals surface area contributed by atoms with Crippen LogP contribution < -0.4 is 10.0 Å². The molecule has 3 rings (SSSR count). The molecule has 1 aliphatic rings. The number of anilines is 1. The van der Waals surface area contributed by atoms with Crippen molar-refractivity contribution < 1.29 is 27.5 Å². The average molecular weight is 458 g/mol. The molecule has 1 atom stereocenters. The van der Waals surface area contributed by atoms with E-state index in [1.165, 1.54) is 19.9 Å². The smallest absolute Gasteiger partial charge is 0.306 e. The van der Waals surface area contributed by atoms with Crippen LogP contribution in [0.15, 0.2) is 58.4 Å². The number of amidine groups is 1. The van der Waals surface area contributed by atoms with E-state index in [0.29, 0.717) is 23.2 Å². The summed E-state index contributed by atoms with van der Waals surface area (Å²) in [6.07, 6.45) is -0.688. The largest absolute Gasteiger partial charge is 0.453 e. The Kier molecular flexibility index (Phi) is 7.04. The molecule has 1 aliphatic heterocycles. The standard InChI is InChI=1S/C22H23N3O6S/c1-14(26)16-7-5-8-17(13-16)24-22(28)15(2)31-20(27)11-6-12-23-21-18-9-3-4-10-19(18)32(29,30)25-21/h3-5,7-10,13,15H,6,11-12H2,1-2H3,(H,23,25)(H,24,28)/t15-/m1/s1. The average Bonchev–Trinajstić information content (AvgIpc) is 3.01. The van der Waals surface area contributed by atoms with Gasteiger partial charge >= 0.3 is 5.97 Å². The van der Waals surface area contributed by atoms with E-state index in [9.17, 15) is 22.8 Å². The number of hydrogen-bond donors (Lipinski definition) is 2. The number of carbonyl (C=O) groups excluding carboxylic acids is 3. The maximum atomic E-state index is 12.3. The van der Waals surface area contributed by atoms with E-state index in [0.717, 1.165) is 0 Å². The van der Waals surface area contributed by atoms with Gasteiger partial charge in [0.05, 0.1) is 4.90 Å². The van der Waals surface area contributed by atoms with Crippen molar-refractivity contribution in [3.05, 3.63) is 59.7 Å². The summed E-state index contributed by atoms with van der Waals surface area (Å²) >= 11 is 0. The molecular formula is C22H23N3O6S. The quantitative estimate of drug-likeness (QED) is 0.355. The van der Waals surface area contributed by atoms with Crippen LogP contribution in [0.3, 0.4) is 0 Å². The zero-order chi connectivity index (χ0) is 23.3. The number of hydrogen-bond acceptors (Lipinski definition) is 7. The van der Waals surface area contributed by atoms with Crippen LogP contribution in [0.4, 0.5) is 5.69 Å². The zero-order valence-electron chi connectivity index (χ0n) is 17.6. The van der Waals surface area contributed by atoms with Crippen LogP contribution in [-0.4, -0.2) is 44.6 Å². The number of aliphatic imine (C=N–C) groups is 1. The third-order valence-corrected chi connectivity index (χ3v) is 6.08. The van der Waals surface area contributed by atoms with Crippen molar-refractivity contribution in [3.8, 4) is 0 Å². The molecule has 0 saturated heterocycles. The first-order chi connectivity index (χ1) is 15.2. The summed E-state index contributed by atoms with van der Waals surface area (Å²) in [5.74, 6) is -0.971. The summed E-state index contributed by atoms with van der Waals surface area (Å²) < 4.78 is 31.6. The number of carbonyl (C=O) groups is 3. The highest BCUT2D eigenvalue weighted by Gasteiger charge is 2.29. The topological polar surface area (TPSA) is 131 Å². The molecular weight excluding hydrogens is 434 g/mol. The number of benzene rings is 2. The minimum absolute atomic E-state index is 0.0165. The Morgan fingerprint density at radius 3 is 2.62 bits per heavy atom. The van der Waals surface area contributed by atoms with Gasteiger partial charge in [-0.25, -0.2) is 8.42 Å². The zero-order valence-corrected chi connectivity index (χ0v) is 18.4. The van der Waals surface area contributed by atoms with Crippen molar-refractivity contribution in [2.24, 2.45) is 4.99 Å². The van der Waals surface area contributed by atoms with Crippen LogP contribution >= 0.6 is 0 Å². The lowest BCUT2D eigenvalue weighted by Crippen LogP contribution is -2.30. The molecule has 0 unspecified atom stereocenters. The summed E-state index contributed by atoms with van der Waals surface area (Å²) in [7, 11) is -3.60. The molecule has 2 N–H and O–H groups in total. The summed E-state index contributed by atoms with van der Waals surface area (Å²) in [5.41, 5.74) is 1.39. The minimum Gasteiger partial charge on any atom is -0.453 e. The maximum Gasteiger partial charge on any atom is 0.306 e. The number of ether oxygens (including phenoxy) is 1. The lowest BCUT2D eigenvalue weighted by atomic mass is 10.1. The minimum atomic E-state index is -3.60. The lowest BCUT2D eigenvalue weighted by molar-refractivity contribution is -0.153. The molecule has 0 spiro atoms. The van der Waals surface area contributed by atoms with E-state index in [4.69, 9.17) is 4.74 Å². The summed E-state index contributed by atoms with van der Waals surface area (Å²) in [6.45, 7) is 3.09. The molecule has 2 aromatic carbocycles. The fraction of sp³-hybridized carbons (Fsp3) is 0.273. The van der Waals surface area contributed by atoms with Gasteiger partial charge in [-0.05, 0) is 44.5 Å². The number of nitrogens with one attached hydrogen (secondary N) is 2. The van der Waals surface area contributed by atoms with Crippen molar-refractivity contribution in [2.45, 2.75) is 37.7 Å². The Bertz CT molecular complexity index is 1190. The fourth-order valence-electron chi connectivity index (χ4n) is 3.03. The molecule has 9 nitrogen and oxygen atoms in total. The molecule has 0 aromatic heterocycles. The van der Waals surface area contributed by atoms with Crippen molar-refractivity contribution in [1.29, 1.82) is 0 Å². The van der Waals surface area contributed by atoms with E-state index in [1.54, 1.807) is 42.5 Å². The molecule has 1 heterocycles. The predicted octanol–water partition coefficient (Wildman–Crippen LogP) is 2.28. The van der Waals surface area contributed by atoms with Gasteiger partial charge in [-0.1, -0.05) is 24.3 Å². The predicted molar refractivity (Wildman–Crippen MR) is 118 cm³/mol. The summed E-state index contributed by atoms with van der Waals surface area (Å²) in [4.78, 5) is 40.1. The summed E-state index contributed by atoms with van der Waals surface area (Å²) in [6, 6.07) is 13.0. The second-order valence-electron chi connectivity index (χ2n) is 7.19. The van der Waals surface area contributed by atoms with Crippen LogP contribution in [0.1, 0.15) is 42.6 Å². The number of amides is 1. The summed E-state index contributed by atoms with van der Waals surface area (Å²) in [5, 5.41) is 2.61. The fourth-order valence-corrected chi connectivity index (χ4v) is 4.29. The van der Waals surface area contributed by atoms with Gasteiger partial charge in [-0.3, -0.25) is 24.1 Å². The molecule has 0 saturated carbocycles. The number of fused-ring (bicyclic) bond motifs is 1. The first-order valence-corrected chi connectivity index (χ1v) is 11.4. The van der Waals surface area contributed by atoms with Crippen LogP contribution in [0, 0.1) is 0 Å². The van der Waals surface area contributed by atoms with E-state index < -0.39 is 28.0 Å². The highest BCUT2D eigenvalue weighted by molar-refractivity contribution is 7.90. The lowest BCUT2D eigenvalue weighted by Gasteiger charge is -2.13. The molecule has 0 bridgehead atoms. The monoisotopic (exact) mass is 457 g/mol. The molecule has 2 aromatic rings. The van der Waals surface area contributed by atoms with Gasteiger partial charge in [0.25, 0.3) is 15.9 Å². The number of rotatable bonds is 8. The molecule has 0 aliphatic carbocycles. The Morgan fingerprint density at radius 1 is 1.12 bits per heavy atom. The molecule has 10 heteroatoms. The van der Waals surface area contributed by atoms with Crippen LogP contribution in [0.5, 0.6) is 0 Å². The maximum absolute atomic E-state index is 12.3. The van der Waals surface area contributed by atoms with Gasteiger partial charge in [0.15, 0.2) is 11.9 Å². The number of esters is 1. The van der Waals surface area contributed by atoms with Gasteiger partial charge < -0.3 is 10.1 Å². The van der Waals surface area contributed by atoms with Crippen molar-refractivity contribution in [3.63, 3.8) is 0 Å².